The molecule has 5 rings (SSSR count). The third-order valence-corrected chi connectivity index (χ3v) is 6.47. The molecule has 0 bridgehead atoms. The second-order valence-electron chi connectivity index (χ2n) is 8.79. The van der Waals surface area contributed by atoms with Crippen molar-refractivity contribution in [3.63, 3.8) is 0 Å². The van der Waals surface area contributed by atoms with E-state index < -0.39 is 0 Å². The summed E-state index contributed by atoms with van der Waals surface area (Å²) in [6.45, 7) is 10.5. The van der Waals surface area contributed by atoms with Gasteiger partial charge in [0, 0.05) is 64.0 Å². The van der Waals surface area contributed by atoms with E-state index in [1.54, 1.807) is 0 Å². The number of nitrogens with zero attached hydrogens (tertiary/aromatic N) is 6. The standard InChI is InChI=1S/C26H32N6/c1-2-13-30-15-17-32(18-16-30)26-22-20-31(19-21-8-4-3-5-9-21)14-11-23(22)28-25(29-26)24-10-6-7-12-27-24/h3-10,12H,2,11,13-20H2,1H3. The van der Waals surface area contributed by atoms with Crippen LogP contribution in [0.15, 0.2) is 54.7 Å². The zero-order chi connectivity index (χ0) is 21.8. The quantitative estimate of drug-likeness (QED) is 0.598. The van der Waals surface area contributed by atoms with Gasteiger partial charge in [0.1, 0.15) is 11.5 Å². The van der Waals surface area contributed by atoms with Gasteiger partial charge < -0.3 is 4.90 Å². The highest BCUT2D eigenvalue weighted by molar-refractivity contribution is 5.58. The molecule has 2 aliphatic heterocycles. The second-order valence-corrected chi connectivity index (χ2v) is 8.79. The highest BCUT2D eigenvalue weighted by Gasteiger charge is 2.27. The summed E-state index contributed by atoms with van der Waals surface area (Å²) in [6, 6.07) is 16.7. The lowest BCUT2D eigenvalue weighted by Gasteiger charge is -2.38. The average molecular weight is 429 g/mol. The van der Waals surface area contributed by atoms with Gasteiger partial charge in [0.25, 0.3) is 0 Å². The smallest absolute Gasteiger partial charge is 0.180 e. The summed E-state index contributed by atoms with van der Waals surface area (Å²) in [5.74, 6) is 1.87. The molecule has 0 unspecified atom stereocenters. The number of piperazine rings is 1. The fourth-order valence-electron chi connectivity index (χ4n) is 4.80. The van der Waals surface area contributed by atoms with Gasteiger partial charge in [0.05, 0.1) is 5.69 Å². The maximum atomic E-state index is 5.10. The molecule has 166 valence electrons. The van der Waals surface area contributed by atoms with Crippen LogP contribution >= 0.6 is 0 Å². The molecular weight excluding hydrogens is 396 g/mol. The highest BCUT2D eigenvalue weighted by Crippen LogP contribution is 2.30. The van der Waals surface area contributed by atoms with Crippen LogP contribution in [0.3, 0.4) is 0 Å². The van der Waals surface area contributed by atoms with Gasteiger partial charge in [-0.05, 0) is 30.7 Å². The number of aromatic nitrogens is 3. The molecule has 0 aliphatic carbocycles. The second kappa shape index (κ2) is 9.76. The molecule has 0 spiro atoms. The number of pyridine rings is 1. The van der Waals surface area contributed by atoms with E-state index in [2.05, 4.69) is 56.9 Å². The van der Waals surface area contributed by atoms with Crippen LogP contribution < -0.4 is 4.90 Å². The van der Waals surface area contributed by atoms with Gasteiger partial charge in [0.2, 0.25) is 0 Å². The van der Waals surface area contributed by atoms with Crippen LogP contribution in [0.2, 0.25) is 0 Å². The Balaban J connectivity index is 1.45. The maximum Gasteiger partial charge on any atom is 0.180 e. The number of benzene rings is 1. The van der Waals surface area contributed by atoms with Gasteiger partial charge in [-0.25, -0.2) is 9.97 Å². The summed E-state index contributed by atoms with van der Waals surface area (Å²) in [5, 5.41) is 0. The molecule has 6 heteroatoms. The molecular formula is C26H32N6. The summed E-state index contributed by atoms with van der Waals surface area (Å²) < 4.78 is 0. The van der Waals surface area contributed by atoms with Crippen molar-refractivity contribution in [3.8, 4) is 11.5 Å². The Labute approximate surface area is 190 Å². The van der Waals surface area contributed by atoms with Gasteiger partial charge >= 0.3 is 0 Å². The topological polar surface area (TPSA) is 48.4 Å². The number of hydrogen-bond acceptors (Lipinski definition) is 6. The summed E-state index contributed by atoms with van der Waals surface area (Å²) in [7, 11) is 0. The lowest BCUT2D eigenvalue weighted by atomic mass is 10.0. The van der Waals surface area contributed by atoms with Crippen molar-refractivity contribution < 1.29 is 0 Å². The molecule has 1 fully saturated rings. The third kappa shape index (κ3) is 4.66. The summed E-state index contributed by atoms with van der Waals surface area (Å²) >= 11 is 0. The molecule has 32 heavy (non-hydrogen) atoms. The van der Waals surface area contributed by atoms with Crippen LogP contribution in [-0.4, -0.2) is 64.0 Å². The van der Waals surface area contributed by atoms with Crippen molar-refractivity contribution in [2.24, 2.45) is 0 Å². The molecule has 0 N–H and O–H groups in total. The molecule has 0 amide bonds. The van der Waals surface area contributed by atoms with Crippen LogP contribution in [0.1, 0.15) is 30.2 Å². The van der Waals surface area contributed by atoms with E-state index in [0.717, 1.165) is 69.6 Å². The minimum atomic E-state index is 0.756. The first-order valence-corrected chi connectivity index (χ1v) is 11.8. The number of fused-ring (bicyclic) bond motifs is 1. The Morgan fingerprint density at radius 2 is 1.66 bits per heavy atom. The van der Waals surface area contributed by atoms with Crippen LogP contribution in [0.4, 0.5) is 5.82 Å². The molecule has 0 radical (unpaired) electrons. The number of anilines is 1. The van der Waals surface area contributed by atoms with Crippen LogP contribution in [-0.2, 0) is 19.5 Å². The molecule has 0 saturated carbocycles. The Bertz CT molecular complexity index is 1020. The van der Waals surface area contributed by atoms with Crippen molar-refractivity contribution in [1.82, 2.24) is 24.8 Å². The minimum absolute atomic E-state index is 0.756. The van der Waals surface area contributed by atoms with Gasteiger partial charge in [-0.1, -0.05) is 43.3 Å². The van der Waals surface area contributed by atoms with Crippen molar-refractivity contribution in [1.29, 1.82) is 0 Å². The summed E-state index contributed by atoms with van der Waals surface area (Å²) in [5.41, 5.74) is 4.70. The van der Waals surface area contributed by atoms with E-state index in [4.69, 9.17) is 9.97 Å². The Morgan fingerprint density at radius 1 is 0.844 bits per heavy atom. The SMILES string of the molecule is CCCN1CCN(c2nc(-c3ccccn3)nc3c2CN(Cc2ccccc2)CC3)CC1. The van der Waals surface area contributed by atoms with Gasteiger partial charge in [-0.3, -0.25) is 14.8 Å². The van der Waals surface area contributed by atoms with E-state index >= 15 is 0 Å². The van der Waals surface area contributed by atoms with E-state index in [1.165, 1.54) is 29.8 Å². The highest BCUT2D eigenvalue weighted by atomic mass is 15.3. The van der Waals surface area contributed by atoms with Crippen LogP contribution in [0, 0.1) is 0 Å². The normalized spacial score (nSPS) is 17.3. The molecule has 6 nitrogen and oxygen atoms in total. The van der Waals surface area contributed by atoms with Crippen LogP contribution in [0.25, 0.3) is 11.5 Å². The van der Waals surface area contributed by atoms with Gasteiger partial charge in [-0.2, -0.15) is 0 Å². The Hall–Kier alpha value is -2.83. The Kier molecular flexibility index (Phi) is 6.41. The molecule has 2 aromatic heterocycles. The molecule has 1 aromatic carbocycles. The predicted molar refractivity (Wildman–Crippen MR) is 128 cm³/mol. The van der Waals surface area contributed by atoms with E-state index in [0.29, 0.717) is 0 Å². The third-order valence-electron chi connectivity index (χ3n) is 6.47. The molecule has 2 aliphatic rings. The molecule has 4 heterocycles. The number of rotatable bonds is 6. The predicted octanol–water partition coefficient (Wildman–Crippen LogP) is 3.63. The first-order valence-electron chi connectivity index (χ1n) is 11.8. The lowest BCUT2D eigenvalue weighted by molar-refractivity contribution is 0.240. The van der Waals surface area contributed by atoms with E-state index in [-0.39, 0.29) is 0 Å². The zero-order valence-corrected chi connectivity index (χ0v) is 19.0. The van der Waals surface area contributed by atoms with Crippen molar-refractivity contribution >= 4 is 5.82 Å². The fourth-order valence-corrected chi connectivity index (χ4v) is 4.80. The van der Waals surface area contributed by atoms with Gasteiger partial charge in [0.15, 0.2) is 5.82 Å². The summed E-state index contributed by atoms with van der Waals surface area (Å²) in [6.07, 6.45) is 3.98. The minimum Gasteiger partial charge on any atom is -0.354 e. The largest absolute Gasteiger partial charge is 0.354 e. The summed E-state index contributed by atoms with van der Waals surface area (Å²) in [4.78, 5) is 22.2. The van der Waals surface area contributed by atoms with Crippen molar-refractivity contribution in [3.05, 3.63) is 71.5 Å². The van der Waals surface area contributed by atoms with E-state index in [9.17, 15) is 0 Å². The molecule has 1 saturated heterocycles. The van der Waals surface area contributed by atoms with Crippen molar-refractivity contribution in [2.45, 2.75) is 32.9 Å². The average Bonchev–Trinajstić information content (AvgIpc) is 2.85. The monoisotopic (exact) mass is 428 g/mol. The van der Waals surface area contributed by atoms with E-state index in [1.807, 2.05) is 24.4 Å². The van der Waals surface area contributed by atoms with Gasteiger partial charge in [-0.15, -0.1) is 0 Å². The van der Waals surface area contributed by atoms with Crippen molar-refractivity contribution in [2.75, 3.05) is 44.2 Å². The first kappa shape index (κ1) is 21.0. The first-order chi connectivity index (χ1) is 15.8. The number of hydrogen-bond donors (Lipinski definition) is 0. The Morgan fingerprint density at radius 3 is 2.41 bits per heavy atom. The van der Waals surface area contributed by atoms with Crippen LogP contribution in [0.5, 0.6) is 0 Å². The fraction of sp³-hybridized carbons (Fsp3) is 0.423. The maximum absolute atomic E-state index is 5.10. The zero-order valence-electron chi connectivity index (χ0n) is 19.0. The molecule has 3 aromatic rings. The molecule has 0 atom stereocenters. The lowest BCUT2D eigenvalue weighted by Crippen LogP contribution is -2.47.